The molecule has 4 heteroatoms. The van der Waals surface area contributed by atoms with Gasteiger partial charge in [0.15, 0.2) is 5.54 Å². The average Bonchev–Trinajstić information content (AvgIpc) is 3.19. The van der Waals surface area contributed by atoms with Gasteiger partial charge in [-0.15, -0.1) is 0 Å². The smallest absolute Gasteiger partial charge is 0.330 e. The van der Waals surface area contributed by atoms with Crippen LogP contribution < -0.4 is 5.73 Å². The van der Waals surface area contributed by atoms with Gasteiger partial charge in [0.25, 0.3) is 0 Å². The molecule has 2 rings (SSSR count). The van der Waals surface area contributed by atoms with Crippen molar-refractivity contribution < 1.29 is 14.6 Å². The highest BCUT2D eigenvalue weighted by Gasteiger charge is 2.36. The lowest BCUT2D eigenvalue weighted by Crippen LogP contribution is -2.49. The molecule has 0 aliphatic heterocycles. The molecule has 1 aromatic rings. The summed E-state index contributed by atoms with van der Waals surface area (Å²) in [6, 6.07) is 8.84. The van der Waals surface area contributed by atoms with Gasteiger partial charge in [0.2, 0.25) is 0 Å². The Morgan fingerprint density at radius 1 is 1.39 bits per heavy atom. The molecule has 18 heavy (non-hydrogen) atoms. The van der Waals surface area contributed by atoms with Gasteiger partial charge in [-0.25, -0.2) is 4.79 Å². The number of hydrogen-bond acceptors (Lipinski definition) is 3. The molecule has 1 fully saturated rings. The van der Waals surface area contributed by atoms with Crippen LogP contribution in [0.25, 0.3) is 0 Å². The van der Waals surface area contributed by atoms with E-state index >= 15 is 0 Å². The Kier molecular flexibility index (Phi) is 3.99. The number of ether oxygens (including phenoxy) is 1. The first-order valence-electron chi connectivity index (χ1n) is 6.28. The van der Waals surface area contributed by atoms with E-state index in [1.807, 2.05) is 6.07 Å². The number of benzene rings is 1. The van der Waals surface area contributed by atoms with Crippen molar-refractivity contribution in [2.45, 2.75) is 24.8 Å². The van der Waals surface area contributed by atoms with Crippen LogP contribution in [0.5, 0.6) is 0 Å². The van der Waals surface area contributed by atoms with Gasteiger partial charge < -0.3 is 15.6 Å². The number of carboxylic acids is 1. The number of hydrogen-bond donors (Lipinski definition) is 2. The molecule has 3 N–H and O–H groups in total. The van der Waals surface area contributed by atoms with E-state index in [0.717, 1.165) is 12.3 Å². The molecule has 1 atom stereocenters. The maximum atomic E-state index is 11.4. The molecule has 1 aromatic carbocycles. The van der Waals surface area contributed by atoms with Gasteiger partial charge in [0, 0.05) is 6.61 Å². The van der Waals surface area contributed by atoms with E-state index < -0.39 is 11.5 Å². The molecule has 1 unspecified atom stereocenters. The van der Waals surface area contributed by atoms with Crippen LogP contribution in [0.4, 0.5) is 0 Å². The van der Waals surface area contributed by atoms with Gasteiger partial charge in [0.1, 0.15) is 0 Å². The van der Waals surface area contributed by atoms with Crippen molar-refractivity contribution in [2.24, 2.45) is 11.7 Å². The lowest BCUT2D eigenvalue weighted by atomic mass is 9.92. The highest BCUT2D eigenvalue weighted by atomic mass is 16.5. The summed E-state index contributed by atoms with van der Waals surface area (Å²) in [4.78, 5) is 11.4. The first-order valence-corrected chi connectivity index (χ1v) is 6.28. The second-order valence-corrected chi connectivity index (χ2v) is 4.93. The highest BCUT2D eigenvalue weighted by Crippen LogP contribution is 2.32. The van der Waals surface area contributed by atoms with Gasteiger partial charge in [-0.1, -0.05) is 43.2 Å². The Hall–Kier alpha value is -1.39. The Morgan fingerprint density at radius 2 is 2.06 bits per heavy atom. The molecular formula is C14H19NO3. The third-order valence-corrected chi connectivity index (χ3v) is 3.37. The summed E-state index contributed by atoms with van der Waals surface area (Å²) in [5.74, 6) is -0.279. The van der Waals surface area contributed by atoms with Crippen LogP contribution in [-0.2, 0) is 15.1 Å². The highest BCUT2D eigenvalue weighted by molar-refractivity contribution is 5.80. The van der Waals surface area contributed by atoms with Crippen molar-refractivity contribution in [2.75, 3.05) is 13.2 Å². The van der Waals surface area contributed by atoms with E-state index in [0.29, 0.717) is 12.2 Å². The monoisotopic (exact) mass is 249 g/mol. The van der Waals surface area contributed by atoms with Crippen molar-refractivity contribution in [1.29, 1.82) is 0 Å². The zero-order valence-corrected chi connectivity index (χ0v) is 10.3. The average molecular weight is 249 g/mol. The van der Waals surface area contributed by atoms with E-state index in [1.54, 1.807) is 24.3 Å². The maximum Gasteiger partial charge on any atom is 0.330 e. The molecule has 0 aromatic heterocycles. The second-order valence-electron chi connectivity index (χ2n) is 4.93. The van der Waals surface area contributed by atoms with Crippen LogP contribution in [-0.4, -0.2) is 24.3 Å². The van der Waals surface area contributed by atoms with Crippen LogP contribution in [0.2, 0.25) is 0 Å². The van der Waals surface area contributed by atoms with E-state index in [9.17, 15) is 9.90 Å². The minimum absolute atomic E-state index is 0.0130. The van der Waals surface area contributed by atoms with Crippen molar-refractivity contribution in [1.82, 2.24) is 0 Å². The van der Waals surface area contributed by atoms with Crippen LogP contribution in [0.1, 0.15) is 24.8 Å². The minimum atomic E-state index is -1.45. The number of carboxylic acid groups (broad SMARTS) is 1. The van der Waals surface area contributed by atoms with Crippen molar-refractivity contribution in [3.63, 3.8) is 0 Å². The molecule has 98 valence electrons. The lowest BCUT2D eigenvalue weighted by molar-refractivity contribution is -0.146. The normalized spacial score (nSPS) is 18.3. The molecule has 0 saturated heterocycles. The Labute approximate surface area is 107 Å². The number of rotatable bonds is 7. The van der Waals surface area contributed by atoms with Crippen LogP contribution in [0.3, 0.4) is 0 Å². The van der Waals surface area contributed by atoms with E-state index in [-0.39, 0.29) is 6.61 Å². The SMILES string of the molecule is NC(COCCC1CC1)(C(=O)O)c1ccccc1. The zero-order chi connectivity index (χ0) is 13.0. The summed E-state index contributed by atoms with van der Waals surface area (Å²) >= 11 is 0. The van der Waals surface area contributed by atoms with Gasteiger partial charge in [0.05, 0.1) is 6.61 Å². The fourth-order valence-electron chi connectivity index (χ4n) is 1.89. The maximum absolute atomic E-state index is 11.4. The third kappa shape index (κ3) is 3.09. The van der Waals surface area contributed by atoms with Crippen LogP contribution in [0, 0.1) is 5.92 Å². The summed E-state index contributed by atoms with van der Waals surface area (Å²) in [6.07, 6.45) is 3.55. The zero-order valence-electron chi connectivity index (χ0n) is 10.3. The summed E-state index contributed by atoms with van der Waals surface area (Å²) in [7, 11) is 0. The predicted octanol–water partition coefficient (Wildman–Crippen LogP) is 1.74. The predicted molar refractivity (Wildman–Crippen MR) is 68.1 cm³/mol. The molecule has 1 aliphatic carbocycles. The number of nitrogens with two attached hydrogens (primary N) is 1. The van der Waals surface area contributed by atoms with E-state index in [1.165, 1.54) is 12.8 Å². The van der Waals surface area contributed by atoms with Crippen LogP contribution >= 0.6 is 0 Å². The summed E-state index contributed by atoms with van der Waals surface area (Å²) in [6.45, 7) is 0.600. The molecule has 1 saturated carbocycles. The molecule has 0 bridgehead atoms. The standard InChI is InChI=1S/C14H19NO3/c15-14(13(16)17,12-4-2-1-3-5-12)10-18-9-8-11-6-7-11/h1-5,11H,6-10,15H2,(H,16,17). The van der Waals surface area contributed by atoms with Gasteiger partial charge in [-0.05, 0) is 17.9 Å². The Balaban J connectivity index is 1.95. The lowest BCUT2D eigenvalue weighted by Gasteiger charge is -2.25. The molecule has 1 aliphatic rings. The molecular weight excluding hydrogens is 230 g/mol. The summed E-state index contributed by atoms with van der Waals surface area (Å²) in [5.41, 5.74) is 5.09. The number of carbonyl (C=O) groups is 1. The van der Waals surface area contributed by atoms with Crippen molar-refractivity contribution in [3.05, 3.63) is 35.9 Å². The quantitative estimate of drug-likeness (QED) is 0.722. The first-order chi connectivity index (χ1) is 8.63. The minimum Gasteiger partial charge on any atom is -0.480 e. The largest absolute Gasteiger partial charge is 0.480 e. The second kappa shape index (κ2) is 5.50. The molecule has 0 spiro atoms. The van der Waals surface area contributed by atoms with Crippen molar-refractivity contribution >= 4 is 5.97 Å². The summed E-state index contributed by atoms with van der Waals surface area (Å²) in [5, 5.41) is 9.30. The molecule has 0 amide bonds. The summed E-state index contributed by atoms with van der Waals surface area (Å²) < 4.78 is 5.46. The van der Waals surface area contributed by atoms with Gasteiger partial charge in [-0.2, -0.15) is 0 Å². The Bertz CT molecular complexity index is 403. The fourth-order valence-corrected chi connectivity index (χ4v) is 1.89. The fraction of sp³-hybridized carbons (Fsp3) is 0.500. The Morgan fingerprint density at radius 3 is 2.61 bits per heavy atom. The van der Waals surface area contributed by atoms with Gasteiger partial charge in [-0.3, -0.25) is 0 Å². The topological polar surface area (TPSA) is 72.5 Å². The molecule has 0 radical (unpaired) electrons. The van der Waals surface area contributed by atoms with Gasteiger partial charge >= 0.3 is 5.97 Å². The van der Waals surface area contributed by atoms with Crippen LogP contribution in [0.15, 0.2) is 30.3 Å². The van der Waals surface area contributed by atoms with E-state index in [4.69, 9.17) is 10.5 Å². The third-order valence-electron chi connectivity index (χ3n) is 3.37. The first kappa shape index (κ1) is 13.1. The molecule has 4 nitrogen and oxygen atoms in total. The van der Waals surface area contributed by atoms with E-state index in [2.05, 4.69) is 0 Å². The molecule has 0 heterocycles. The number of aliphatic carboxylic acids is 1. The van der Waals surface area contributed by atoms with Crippen molar-refractivity contribution in [3.8, 4) is 0 Å².